The molecule has 1 atom stereocenters. The van der Waals surface area contributed by atoms with Crippen molar-refractivity contribution in [2.24, 2.45) is 0 Å². The zero-order valence-electron chi connectivity index (χ0n) is 13.1. The first-order chi connectivity index (χ1) is 10.2. The summed E-state index contributed by atoms with van der Waals surface area (Å²) in [6, 6.07) is 7.08. The van der Waals surface area contributed by atoms with Crippen LogP contribution < -0.4 is 5.32 Å². The topological polar surface area (TPSA) is 33.1 Å². The van der Waals surface area contributed by atoms with E-state index in [1.807, 2.05) is 6.20 Å². The number of fused-ring (bicyclic) bond motifs is 1. The maximum Gasteiger partial charge on any atom is 0.122 e. The fourth-order valence-electron chi connectivity index (χ4n) is 3.12. The molecule has 3 rings (SSSR count). The molecule has 0 spiro atoms. The minimum atomic E-state index is 0.367. The minimum absolute atomic E-state index is 0.367. The van der Waals surface area contributed by atoms with Gasteiger partial charge in [0.1, 0.15) is 5.82 Å². The van der Waals surface area contributed by atoms with E-state index in [0.29, 0.717) is 6.04 Å². The molecule has 2 heterocycles. The Hall–Kier alpha value is -1.65. The summed E-state index contributed by atoms with van der Waals surface area (Å²) in [7, 11) is 2.05. The van der Waals surface area contributed by atoms with E-state index in [1.54, 1.807) is 0 Å². The summed E-state index contributed by atoms with van der Waals surface area (Å²) >= 11 is 0. The lowest BCUT2D eigenvalue weighted by Gasteiger charge is -2.31. The summed E-state index contributed by atoms with van der Waals surface area (Å²) in [5.41, 5.74) is 4.09. The molecule has 0 aliphatic carbocycles. The Bertz CT molecular complexity index is 617. The molecule has 1 aliphatic heterocycles. The summed E-state index contributed by atoms with van der Waals surface area (Å²) < 4.78 is 2.25. The number of nitrogens with zero attached hydrogens (tertiary/aromatic N) is 3. The van der Waals surface area contributed by atoms with Crippen molar-refractivity contribution in [2.45, 2.75) is 33.0 Å². The van der Waals surface area contributed by atoms with Gasteiger partial charge in [0, 0.05) is 38.1 Å². The van der Waals surface area contributed by atoms with Gasteiger partial charge in [-0.2, -0.15) is 0 Å². The molecule has 2 aromatic rings. The molecule has 0 saturated heterocycles. The van der Waals surface area contributed by atoms with Gasteiger partial charge in [-0.05, 0) is 32.0 Å². The molecule has 1 aliphatic rings. The van der Waals surface area contributed by atoms with Crippen molar-refractivity contribution in [1.82, 2.24) is 19.8 Å². The molecule has 4 nitrogen and oxygen atoms in total. The van der Waals surface area contributed by atoms with E-state index in [9.17, 15) is 0 Å². The number of benzene rings is 1. The Kier molecular flexibility index (Phi) is 4.08. The summed E-state index contributed by atoms with van der Waals surface area (Å²) in [6.07, 6.45) is 3.98. The number of likely N-dealkylation sites (N-methyl/N-ethyl adjacent to an activating group) is 1. The van der Waals surface area contributed by atoms with Gasteiger partial charge in [0.25, 0.3) is 0 Å². The molecule has 1 N–H and O–H groups in total. The summed E-state index contributed by atoms with van der Waals surface area (Å²) in [5, 5.41) is 3.48. The smallest absolute Gasteiger partial charge is 0.122 e. The second kappa shape index (κ2) is 6.00. The highest BCUT2D eigenvalue weighted by molar-refractivity contribution is 5.33. The highest BCUT2D eigenvalue weighted by atomic mass is 15.2. The molecule has 112 valence electrons. The lowest BCUT2D eigenvalue weighted by atomic mass is 9.98. The lowest BCUT2D eigenvalue weighted by molar-refractivity contribution is 0.197. The van der Waals surface area contributed by atoms with Gasteiger partial charge in [-0.15, -0.1) is 0 Å². The minimum Gasteiger partial charge on any atom is -0.333 e. The van der Waals surface area contributed by atoms with Gasteiger partial charge in [-0.3, -0.25) is 4.90 Å². The zero-order chi connectivity index (χ0) is 14.8. The molecular formula is C17H24N4. The second-order valence-corrected chi connectivity index (χ2v) is 5.97. The van der Waals surface area contributed by atoms with Crippen molar-refractivity contribution in [3.63, 3.8) is 0 Å². The highest BCUT2D eigenvalue weighted by Gasteiger charge is 2.21. The Morgan fingerprint density at radius 3 is 2.95 bits per heavy atom. The van der Waals surface area contributed by atoms with E-state index in [0.717, 1.165) is 26.2 Å². The van der Waals surface area contributed by atoms with Gasteiger partial charge in [0.15, 0.2) is 0 Å². The predicted molar refractivity (Wildman–Crippen MR) is 85.2 cm³/mol. The van der Waals surface area contributed by atoms with Crippen LogP contribution in [0.15, 0.2) is 30.6 Å². The van der Waals surface area contributed by atoms with Crippen LogP contribution in [0.5, 0.6) is 0 Å². The number of aromatic nitrogens is 2. The first-order valence-electron chi connectivity index (χ1n) is 7.64. The lowest BCUT2D eigenvalue weighted by Crippen LogP contribution is -2.39. The molecule has 0 radical (unpaired) electrons. The number of aryl methyl sites for hydroxylation is 2. The normalized spacial score (nSPS) is 16.7. The molecule has 0 amide bonds. The number of imidazole rings is 1. The van der Waals surface area contributed by atoms with Crippen LogP contribution in [-0.2, 0) is 13.1 Å². The largest absolute Gasteiger partial charge is 0.333 e. The van der Waals surface area contributed by atoms with Crippen molar-refractivity contribution in [2.75, 3.05) is 20.1 Å². The fraction of sp³-hybridized carbons (Fsp3) is 0.471. The quantitative estimate of drug-likeness (QED) is 0.935. The van der Waals surface area contributed by atoms with E-state index < -0.39 is 0 Å². The highest BCUT2D eigenvalue weighted by Crippen LogP contribution is 2.22. The van der Waals surface area contributed by atoms with Crippen LogP contribution in [0, 0.1) is 13.8 Å². The first-order valence-corrected chi connectivity index (χ1v) is 7.64. The Labute approximate surface area is 126 Å². The number of hydrogen-bond acceptors (Lipinski definition) is 3. The van der Waals surface area contributed by atoms with E-state index in [1.165, 1.54) is 22.5 Å². The van der Waals surface area contributed by atoms with E-state index in [-0.39, 0.29) is 0 Å². The maximum atomic E-state index is 4.45. The van der Waals surface area contributed by atoms with Gasteiger partial charge < -0.3 is 9.88 Å². The predicted octanol–water partition coefficient (Wildman–Crippen LogP) is 2.28. The van der Waals surface area contributed by atoms with Gasteiger partial charge in [0.2, 0.25) is 0 Å². The van der Waals surface area contributed by atoms with Gasteiger partial charge in [0.05, 0.1) is 6.54 Å². The van der Waals surface area contributed by atoms with Crippen LogP contribution in [0.4, 0.5) is 0 Å². The molecule has 4 heteroatoms. The van der Waals surface area contributed by atoms with Crippen LogP contribution in [0.1, 0.15) is 28.6 Å². The van der Waals surface area contributed by atoms with E-state index in [4.69, 9.17) is 0 Å². The van der Waals surface area contributed by atoms with Crippen molar-refractivity contribution < 1.29 is 0 Å². The Morgan fingerprint density at radius 1 is 1.29 bits per heavy atom. The van der Waals surface area contributed by atoms with Crippen LogP contribution in [0.25, 0.3) is 0 Å². The first kappa shape index (κ1) is 14.3. The third-order valence-corrected chi connectivity index (χ3v) is 4.42. The standard InChI is InChI=1S/C17H24N4/c1-13-4-5-14(2)15(10-13)16(18-3)11-20-8-9-21-7-6-19-17(21)12-20/h4-7,10,16,18H,8-9,11-12H2,1-3H3. The molecule has 0 saturated carbocycles. The molecule has 1 aromatic carbocycles. The van der Waals surface area contributed by atoms with Crippen LogP contribution in [-0.4, -0.2) is 34.6 Å². The maximum absolute atomic E-state index is 4.45. The number of rotatable bonds is 4. The van der Waals surface area contributed by atoms with Crippen molar-refractivity contribution in [3.05, 3.63) is 53.1 Å². The zero-order valence-corrected chi connectivity index (χ0v) is 13.1. The SMILES string of the molecule is CNC(CN1CCn2ccnc2C1)c1cc(C)ccc1C. The third-order valence-electron chi connectivity index (χ3n) is 4.42. The molecule has 21 heavy (non-hydrogen) atoms. The number of hydrogen-bond donors (Lipinski definition) is 1. The monoisotopic (exact) mass is 284 g/mol. The fourth-order valence-corrected chi connectivity index (χ4v) is 3.12. The van der Waals surface area contributed by atoms with Crippen molar-refractivity contribution in [3.8, 4) is 0 Å². The molecule has 1 aromatic heterocycles. The Balaban J connectivity index is 1.75. The molecule has 0 fully saturated rings. The number of nitrogens with one attached hydrogen (secondary N) is 1. The molecule has 1 unspecified atom stereocenters. The van der Waals surface area contributed by atoms with Crippen LogP contribution >= 0.6 is 0 Å². The van der Waals surface area contributed by atoms with Gasteiger partial charge >= 0.3 is 0 Å². The van der Waals surface area contributed by atoms with Crippen LogP contribution in [0.3, 0.4) is 0 Å². The van der Waals surface area contributed by atoms with Gasteiger partial charge in [-0.25, -0.2) is 4.98 Å². The molecular weight excluding hydrogens is 260 g/mol. The van der Waals surface area contributed by atoms with Crippen molar-refractivity contribution >= 4 is 0 Å². The van der Waals surface area contributed by atoms with Crippen LogP contribution in [0.2, 0.25) is 0 Å². The summed E-state index contributed by atoms with van der Waals surface area (Å²) in [6.45, 7) is 8.45. The van der Waals surface area contributed by atoms with Crippen molar-refractivity contribution in [1.29, 1.82) is 0 Å². The molecule has 0 bridgehead atoms. The second-order valence-electron chi connectivity index (χ2n) is 5.97. The van der Waals surface area contributed by atoms with E-state index in [2.05, 4.69) is 65.1 Å². The average Bonchev–Trinajstić information content (AvgIpc) is 2.95. The van der Waals surface area contributed by atoms with E-state index >= 15 is 0 Å². The van der Waals surface area contributed by atoms with Gasteiger partial charge in [-0.1, -0.05) is 23.8 Å². The summed E-state index contributed by atoms with van der Waals surface area (Å²) in [5.74, 6) is 1.18. The Morgan fingerprint density at radius 2 is 2.14 bits per heavy atom. The third kappa shape index (κ3) is 3.01. The average molecular weight is 284 g/mol. The summed E-state index contributed by atoms with van der Waals surface area (Å²) in [4.78, 5) is 6.94.